The van der Waals surface area contributed by atoms with E-state index in [0.717, 1.165) is 5.76 Å². The Hall–Kier alpha value is -3.35. The van der Waals surface area contributed by atoms with Crippen LogP contribution in [0.25, 0.3) is 0 Å². The van der Waals surface area contributed by atoms with Gasteiger partial charge in [-0.2, -0.15) is 0 Å². The van der Waals surface area contributed by atoms with Crippen LogP contribution in [0, 0.1) is 12.7 Å². The van der Waals surface area contributed by atoms with Crippen molar-refractivity contribution in [1.29, 1.82) is 0 Å². The number of nitrogens with one attached hydrogen (secondary N) is 2. The average Bonchev–Trinajstić information content (AvgIpc) is 3.05. The number of hydrogen-bond acceptors (Lipinski definition) is 4. The lowest BCUT2D eigenvalue weighted by Gasteiger charge is -2.12. The van der Waals surface area contributed by atoms with Gasteiger partial charge in [0.15, 0.2) is 0 Å². The van der Waals surface area contributed by atoms with Gasteiger partial charge in [0.2, 0.25) is 5.88 Å². The maximum Gasteiger partial charge on any atom is 0.319 e. The zero-order valence-electron chi connectivity index (χ0n) is 14.3. The van der Waals surface area contributed by atoms with Gasteiger partial charge in [-0.15, -0.1) is 0 Å². The highest BCUT2D eigenvalue weighted by molar-refractivity contribution is 5.89. The minimum atomic E-state index is -0.374. The zero-order valence-corrected chi connectivity index (χ0v) is 14.3. The standard InChI is InChI=1S/C19H18FN3O3/c1-12-3-9-17(25-12)13(2)22-19(24)23-15-6-10-18(21-11-15)26-16-7-4-14(20)5-8-16/h3-11,13H,1-2H3,(H2,22,23,24). The van der Waals surface area contributed by atoms with E-state index in [2.05, 4.69) is 15.6 Å². The number of benzene rings is 1. The molecule has 0 fully saturated rings. The summed E-state index contributed by atoms with van der Waals surface area (Å²) in [4.78, 5) is 16.2. The molecule has 2 N–H and O–H groups in total. The Labute approximate surface area is 150 Å². The van der Waals surface area contributed by atoms with Gasteiger partial charge < -0.3 is 19.8 Å². The fraction of sp³-hybridized carbons (Fsp3) is 0.158. The second-order valence-electron chi connectivity index (χ2n) is 5.71. The van der Waals surface area contributed by atoms with E-state index in [0.29, 0.717) is 23.1 Å². The number of urea groups is 1. The Morgan fingerprint density at radius 3 is 2.54 bits per heavy atom. The molecule has 0 radical (unpaired) electrons. The number of nitrogens with zero attached hydrogens (tertiary/aromatic N) is 1. The Bertz CT molecular complexity index is 876. The number of hydrogen-bond donors (Lipinski definition) is 2. The van der Waals surface area contributed by atoms with Gasteiger partial charge in [-0.25, -0.2) is 14.2 Å². The maximum absolute atomic E-state index is 12.9. The smallest absolute Gasteiger partial charge is 0.319 e. The zero-order chi connectivity index (χ0) is 18.5. The fourth-order valence-electron chi connectivity index (χ4n) is 2.26. The van der Waals surface area contributed by atoms with Crippen LogP contribution < -0.4 is 15.4 Å². The highest BCUT2D eigenvalue weighted by atomic mass is 19.1. The first-order valence-electron chi connectivity index (χ1n) is 8.03. The van der Waals surface area contributed by atoms with Crippen molar-refractivity contribution in [3.63, 3.8) is 0 Å². The van der Waals surface area contributed by atoms with Crippen LogP contribution in [0.3, 0.4) is 0 Å². The molecule has 2 heterocycles. The molecule has 0 aliphatic rings. The van der Waals surface area contributed by atoms with Crippen LogP contribution in [-0.4, -0.2) is 11.0 Å². The Kier molecular flexibility index (Phi) is 5.17. The molecular weight excluding hydrogens is 337 g/mol. The van der Waals surface area contributed by atoms with Crippen molar-refractivity contribution in [3.05, 3.63) is 72.1 Å². The van der Waals surface area contributed by atoms with Gasteiger partial charge in [-0.3, -0.25) is 0 Å². The highest BCUT2D eigenvalue weighted by Gasteiger charge is 2.13. The molecular formula is C19H18FN3O3. The van der Waals surface area contributed by atoms with Crippen LogP contribution >= 0.6 is 0 Å². The SMILES string of the molecule is Cc1ccc(C(C)NC(=O)Nc2ccc(Oc3ccc(F)cc3)nc2)o1. The number of anilines is 1. The molecule has 0 saturated heterocycles. The molecule has 6 nitrogen and oxygen atoms in total. The lowest BCUT2D eigenvalue weighted by atomic mass is 10.2. The molecule has 1 atom stereocenters. The van der Waals surface area contributed by atoms with Gasteiger partial charge in [-0.1, -0.05) is 0 Å². The molecule has 0 aliphatic heterocycles. The third-order valence-corrected chi connectivity index (χ3v) is 3.57. The minimum Gasteiger partial charge on any atom is -0.464 e. The summed E-state index contributed by atoms with van der Waals surface area (Å²) in [7, 11) is 0. The number of halogens is 1. The fourth-order valence-corrected chi connectivity index (χ4v) is 2.26. The molecule has 0 saturated carbocycles. The Balaban J connectivity index is 1.55. The Morgan fingerprint density at radius 2 is 1.92 bits per heavy atom. The number of furan rings is 1. The highest BCUT2D eigenvalue weighted by Crippen LogP contribution is 2.21. The van der Waals surface area contributed by atoms with Gasteiger partial charge in [0, 0.05) is 6.07 Å². The topological polar surface area (TPSA) is 76.4 Å². The second kappa shape index (κ2) is 7.69. The molecule has 3 rings (SSSR count). The number of amides is 2. The van der Waals surface area contributed by atoms with E-state index in [4.69, 9.17) is 9.15 Å². The largest absolute Gasteiger partial charge is 0.464 e. The second-order valence-corrected chi connectivity index (χ2v) is 5.71. The van der Waals surface area contributed by atoms with Crippen molar-refractivity contribution in [2.24, 2.45) is 0 Å². The third-order valence-electron chi connectivity index (χ3n) is 3.57. The van der Waals surface area contributed by atoms with Gasteiger partial charge >= 0.3 is 6.03 Å². The molecule has 134 valence electrons. The monoisotopic (exact) mass is 355 g/mol. The van der Waals surface area contributed by atoms with Crippen molar-refractivity contribution in [2.45, 2.75) is 19.9 Å². The van der Waals surface area contributed by atoms with Crippen LogP contribution in [0.1, 0.15) is 24.5 Å². The average molecular weight is 355 g/mol. The predicted octanol–water partition coefficient (Wildman–Crippen LogP) is 4.80. The summed E-state index contributed by atoms with van der Waals surface area (Å²) in [6, 6.07) is 11.9. The molecule has 2 amide bonds. The van der Waals surface area contributed by atoms with Crippen molar-refractivity contribution in [3.8, 4) is 11.6 Å². The lowest BCUT2D eigenvalue weighted by molar-refractivity contribution is 0.247. The number of rotatable bonds is 5. The Morgan fingerprint density at radius 1 is 1.15 bits per heavy atom. The van der Waals surface area contributed by atoms with Crippen LogP contribution in [0.15, 0.2) is 59.1 Å². The van der Waals surface area contributed by atoms with Gasteiger partial charge in [-0.05, 0) is 56.3 Å². The summed E-state index contributed by atoms with van der Waals surface area (Å²) in [6.07, 6.45) is 1.47. The predicted molar refractivity (Wildman–Crippen MR) is 94.7 cm³/mol. The van der Waals surface area contributed by atoms with Crippen LogP contribution in [-0.2, 0) is 0 Å². The van der Waals surface area contributed by atoms with E-state index in [1.807, 2.05) is 26.0 Å². The molecule has 7 heteroatoms. The van der Waals surface area contributed by atoms with E-state index in [-0.39, 0.29) is 17.9 Å². The summed E-state index contributed by atoms with van der Waals surface area (Å²) in [6.45, 7) is 3.67. The van der Waals surface area contributed by atoms with E-state index in [1.165, 1.54) is 30.5 Å². The minimum absolute atomic E-state index is 0.266. The number of aromatic nitrogens is 1. The lowest BCUT2D eigenvalue weighted by Crippen LogP contribution is -2.31. The third kappa shape index (κ3) is 4.60. The summed E-state index contributed by atoms with van der Waals surface area (Å²) < 4.78 is 23.9. The van der Waals surface area contributed by atoms with Crippen molar-refractivity contribution in [1.82, 2.24) is 10.3 Å². The van der Waals surface area contributed by atoms with Gasteiger partial charge in [0.25, 0.3) is 0 Å². The molecule has 1 aromatic carbocycles. The molecule has 3 aromatic rings. The first-order valence-corrected chi connectivity index (χ1v) is 8.03. The maximum atomic E-state index is 12.9. The van der Waals surface area contributed by atoms with Crippen LogP contribution in [0.5, 0.6) is 11.6 Å². The van der Waals surface area contributed by atoms with Gasteiger partial charge in [0.05, 0.1) is 17.9 Å². The number of aryl methyl sites for hydroxylation is 1. The summed E-state index contributed by atoms with van der Waals surface area (Å²) in [5, 5.41) is 5.47. The van der Waals surface area contributed by atoms with Crippen molar-refractivity contribution in [2.75, 3.05) is 5.32 Å². The first kappa shape index (κ1) is 17.5. The first-order chi connectivity index (χ1) is 12.5. The number of pyridine rings is 1. The molecule has 0 spiro atoms. The van der Waals surface area contributed by atoms with E-state index in [1.54, 1.807) is 12.1 Å². The van der Waals surface area contributed by atoms with E-state index < -0.39 is 0 Å². The quantitative estimate of drug-likeness (QED) is 0.689. The number of carbonyl (C=O) groups is 1. The molecule has 26 heavy (non-hydrogen) atoms. The van der Waals surface area contributed by atoms with E-state index >= 15 is 0 Å². The summed E-state index contributed by atoms with van der Waals surface area (Å²) in [5.41, 5.74) is 0.511. The molecule has 0 bridgehead atoms. The van der Waals surface area contributed by atoms with E-state index in [9.17, 15) is 9.18 Å². The molecule has 1 unspecified atom stereocenters. The van der Waals surface area contributed by atoms with Crippen LogP contribution in [0.4, 0.5) is 14.9 Å². The summed E-state index contributed by atoms with van der Waals surface area (Å²) in [5.74, 6) is 1.94. The molecule has 2 aromatic heterocycles. The number of carbonyl (C=O) groups excluding carboxylic acids is 1. The van der Waals surface area contributed by atoms with Crippen molar-refractivity contribution >= 4 is 11.7 Å². The van der Waals surface area contributed by atoms with Gasteiger partial charge in [0.1, 0.15) is 23.1 Å². The normalized spacial score (nSPS) is 11.7. The number of ether oxygens (including phenoxy) is 1. The van der Waals surface area contributed by atoms with Crippen molar-refractivity contribution < 1.29 is 18.3 Å². The molecule has 0 aliphatic carbocycles. The van der Waals surface area contributed by atoms with Crippen LogP contribution in [0.2, 0.25) is 0 Å². The summed E-state index contributed by atoms with van der Waals surface area (Å²) >= 11 is 0.